The van der Waals surface area contributed by atoms with Gasteiger partial charge in [-0.15, -0.1) is 11.8 Å². The summed E-state index contributed by atoms with van der Waals surface area (Å²) in [4.78, 5) is 84.8. The highest BCUT2D eigenvalue weighted by Crippen LogP contribution is 2.69. The maximum atomic E-state index is 13.0. The summed E-state index contributed by atoms with van der Waals surface area (Å²) < 4.78 is 37.3. The number of urea groups is 1. The zero-order chi connectivity index (χ0) is 29.1. The highest BCUT2D eigenvalue weighted by molar-refractivity contribution is 8.00. The second-order valence-corrected chi connectivity index (χ2v) is 12.9. The van der Waals surface area contributed by atoms with E-state index in [9.17, 15) is 33.4 Å². The van der Waals surface area contributed by atoms with Gasteiger partial charge in [0.15, 0.2) is 0 Å². The summed E-state index contributed by atoms with van der Waals surface area (Å²) in [5, 5.41) is 18.9. The van der Waals surface area contributed by atoms with E-state index in [-0.39, 0.29) is 30.7 Å². The number of carbonyl (C=O) groups is 4. The topological polar surface area (TPSA) is 305 Å². The van der Waals surface area contributed by atoms with Crippen molar-refractivity contribution in [3.8, 4) is 0 Å². The van der Waals surface area contributed by atoms with Crippen molar-refractivity contribution in [1.82, 2.24) is 15.5 Å². The van der Waals surface area contributed by atoms with Crippen LogP contribution in [0.15, 0.2) is 11.5 Å². The first-order valence-corrected chi connectivity index (χ1v) is 14.6. The van der Waals surface area contributed by atoms with E-state index in [1.54, 1.807) is 0 Å². The molecule has 216 valence electrons. The molecule has 19 nitrogen and oxygen atoms in total. The van der Waals surface area contributed by atoms with E-state index in [1.165, 1.54) is 0 Å². The van der Waals surface area contributed by atoms with Crippen molar-refractivity contribution in [2.45, 2.75) is 35.4 Å². The molecule has 2 aliphatic rings. The standard InChI is InChI=1S/C16H26N4O15P2S/c1-33-16(19-13(23)18-5-3-2-4-15(26,36(27,28)29)37(30,31)32)10(21)20-9(35-14(24)25)8(6-34-12(17)22)7-38-11(16)20/h11,26H,2-7H2,1H3,(H2,17,22)(H,24,25)(H2,18,19,23)(H2,27,28,29)(H2,30,31,32)/t11-,16-/m0/s1. The maximum absolute atomic E-state index is 13.0. The monoisotopic (exact) mass is 608 g/mol. The number of amides is 4. The number of aliphatic hydroxyl groups is 1. The third-order valence-corrected chi connectivity index (χ3v) is 10.7. The molecule has 2 aliphatic heterocycles. The molecule has 38 heavy (non-hydrogen) atoms. The van der Waals surface area contributed by atoms with Gasteiger partial charge < -0.3 is 55.0 Å². The molecule has 4 amide bonds. The molecule has 0 aromatic carbocycles. The number of nitrogens with one attached hydrogen (secondary N) is 2. The maximum Gasteiger partial charge on any atom is 0.512 e. The molecule has 2 rings (SSSR count). The average molecular weight is 608 g/mol. The van der Waals surface area contributed by atoms with E-state index in [4.69, 9.17) is 39.9 Å². The number of carbonyl (C=O) groups excluding carboxylic acids is 3. The van der Waals surface area contributed by atoms with E-state index in [2.05, 4.69) is 15.4 Å². The van der Waals surface area contributed by atoms with Gasteiger partial charge in [-0.25, -0.2) is 14.4 Å². The van der Waals surface area contributed by atoms with Crippen molar-refractivity contribution in [3.05, 3.63) is 11.5 Å². The molecule has 1 saturated heterocycles. The molecule has 0 aromatic heterocycles. The van der Waals surface area contributed by atoms with E-state index >= 15 is 0 Å². The summed E-state index contributed by atoms with van der Waals surface area (Å²) in [7, 11) is -10.1. The predicted octanol–water partition coefficient (Wildman–Crippen LogP) is -1.28. The van der Waals surface area contributed by atoms with Crippen LogP contribution in [0.2, 0.25) is 0 Å². The smallest absolute Gasteiger partial charge is 0.449 e. The first-order valence-electron chi connectivity index (χ1n) is 10.4. The fourth-order valence-electron chi connectivity index (χ4n) is 3.49. The number of methoxy groups -OCH3 is 1. The van der Waals surface area contributed by atoms with Crippen molar-refractivity contribution in [2.24, 2.45) is 5.73 Å². The van der Waals surface area contributed by atoms with E-state index in [0.29, 0.717) is 0 Å². The molecule has 0 bridgehead atoms. The van der Waals surface area contributed by atoms with Gasteiger partial charge in [-0.3, -0.25) is 24.1 Å². The number of hydrogen-bond donors (Lipinski definition) is 9. The molecule has 0 aromatic rings. The first-order chi connectivity index (χ1) is 17.4. The van der Waals surface area contributed by atoms with Gasteiger partial charge in [0.05, 0.1) is 0 Å². The zero-order valence-electron chi connectivity index (χ0n) is 19.5. The summed E-state index contributed by atoms with van der Waals surface area (Å²) in [6.07, 6.45) is -4.28. The largest absolute Gasteiger partial charge is 0.512 e. The molecule has 0 spiro atoms. The number of rotatable bonds is 12. The van der Waals surface area contributed by atoms with Crippen LogP contribution in [0.3, 0.4) is 0 Å². The molecule has 1 fully saturated rings. The molecule has 0 radical (unpaired) electrons. The zero-order valence-corrected chi connectivity index (χ0v) is 22.1. The van der Waals surface area contributed by atoms with Crippen molar-refractivity contribution >= 4 is 51.1 Å². The summed E-state index contributed by atoms with van der Waals surface area (Å²) >= 11 is 1.02. The van der Waals surface area contributed by atoms with Gasteiger partial charge in [0, 0.05) is 25.0 Å². The number of nitrogens with zero attached hydrogens (tertiary/aromatic N) is 1. The number of ether oxygens (including phenoxy) is 3. The Morgan fingerprint density at radius 3 is 2.32 bits per heavy atom. The lowest BCUT2D eigenvalue weighted by Gasteiger charge is -2.55. The summed E-state index contributed by atoms with van der Waals surface area (Å²) in [5.74, 6) is -1.36. The lowest BCUT2D eigenvalue weighted by molar-refractivity contribution is -0.191. The van der Waals surface area contributed by atoms with Crippen LogP contribution in [0.25, 0.3) is 0 Å². The van der Waals surface area contributed by atoms with Crippen molar-refractivity contribution in [3.63, 3.8) is 0 Å². The highest BCUT2D eigenvalue weighted by Gasteiger charge is 2.67. The fourth-order valence-corrected chi connectivity index (χ4v) is 7.15. The number of nitrogens with two attached hydrogens (primary N) is 1. The van der Waals surface area contributed by atoms with Gasteiger partial charge in [-0.1, -0.05) is 0 Å². The van der Waals surface area contributed by atoms with Crippen LogP contribution in [0.4, 0.5) is 14.4 Å². The Morgan fingerprint density at radius 1 is 1.21 bits per heavy atom. The number of β-lactam (4-membered cyclic amide) rings is 1. The summed E-state index contributed by atoms with van der Waals surface area (Å²) in [5.41, 5.74) is 3.06. The van der Waals surface area contributed by atoms with Crippen molar-refractivity contribution in [1.29, 1.82) is 0 Å². The molecular weight excluding hydrogens is 582 g/mol. The Labute approximate surface area is 218 Å². The Hall–Kier alpha value is -2.41. The van der Waals surface area contributed by atoms with Gasteiger partial charge >= 0.3 is 33.5 Å². The number of hydrogen-bond acceptors (Lipinski definition) is 11. The van der Waals surface area contributed by atoms with Gasteiger partial charge in [-0.2, -0.15) is 0 Å². The van der Waals surface area contributed by atoms with Crippen molar-refractivity contribution < 1.29 is 72.3 Å². The van der Waals surface area contributed by atoms with E-state index < -0.39 is 74.5 Å². The minimum absolute atomic E-state index is 0.000794. The van der Waals surface area contributed by atoms with Gasteiger partial charge in [0.25, 0.3) is 16.7 Å². The Kier molecular flexibility index (Phi) is 9.85. The normalized spacial score (nSPS) is 21.8. The fraction of sp³-hybridized carbons (Fsp3) is 0.625. The van der Waals surface area contributed by atoms with Crippen LogP contribution >= 0.6 is 27.0 Å². The number of unbranched alkanes of at least 4 members (excludes halogenated alkanes) is 1. The molecule has 0 aliphatic carbocycles. The number of fused-ring (bicyclic) bond motifs is 1. The van der Waals surface area contributed by atoms with Crippen LogP contribution in [-0.2, 0) is 28.1 Å². The van der Waals surface area contributed by atoms with E-state index in [1.807, 2.05) is 0 Å². The SMILES string of the molecule is CO[C@@]1(NC(=O)NCCCCC(O)(P(=O)(O)O)P(=O)(O)O)C(=O)N2C(OC(=O)O)=C(COC(N)=O)CS[C@H]21. The Bertz CT molecular complexity index is 1080. The third kappa shape index (κ3) is 6.41. The van der Waals surface area contributed by atoms with Gasteiger partial charge in [0.2, 0.25) is 5.88 Å². The summed E-state index contributed by atoms with van der Waals surface area (Å²) in [6, 6.07) is -0.951. The van der Waals surface area contributed by atoms with Gasteiger partial charge in [0.1, 0.15) is 12.0 Å². The van der Waals surface area contributed by atoms with Crippen LogP contribution in [0.1, 0.15) is 19.3 Å². The molecular formula is C16H26N4O15P2S. The minimum atomic E-state index is -5.60. The molecule has 2 heterocycles. The predicted molar refractivity (Wildman–Crippen MR) is 124 cm³/mol. The lowest BCUT2D eigenvalue weighted by Crippen LogP contribution is -2.81. The molecule has 0 unspecified atom stereocenters. The second kappa shape index (κ2) is 11.8. The number of thioether (sulfide) groups is 1. The number of carboxylic acid groups (broad SMARTS) is 1. The van der Waals surface area contributed by atoms with Crippen molar-refractivity contribution in [2.75, 3.05) is 26.0 Å². The molecule has 0 saturated carbocycles. The third-order valence-electron chi connectivity index (χ3n) is 5.41. The quantitative estimate of drug-likeness (QED) is 0.0409. The van der Waals surface area contributed by atoms with Crippen LogP contribution < -0.4 is 16.4 Å². The van der Waals surface area contributed by atoms with Crippen LogP contribution in [-0.4, -0.2) is 101 Å². The molecule has 10 N–H and O–H groups in total. The number of primary amides is 1. The average Bonchev–Trinajstić information content (AvgIpc) is 2.78. The van der Waals surface area contributed by atoms with Crippen LogP contribution in [0.5, 0.6) is 0 Å². The highest BCUT2D eigenvalue weighted by atomic mass is 32.2. The molecule has 2 atom stereocenters. The summed E-state index contributed by atoms with van der Waals surface area (Å²) in [6.45, 7) is -0.671. The first kappa shape index (κ1) is 31.8. The Balaban J connectivity index is 2.02. The Morgan fingerprint density at radius 2 is 1.82 bits per heavy atom. The second-order valence-electron chi connectivity index (χ2n) is 7.86. The van der Waals surface area contributed by atoms with Crippen LogP contribution in [0, 0.1) is 0 Å². The minimum Gasteiger partial charge on any atom is -0.449 e. The lowest BCUT2D eigenvalue weighted by atomic mass is 10.0. The van der Waals surface area contributed by atoms with E-state index in [0.717, 1.165) is 23.8 Å². The molecule has 22 heteroatoms. The van der Waals surface area contributed by atoms with Gasteiger partial charge in [-0.05, 0) is 19.3 Å².